The zero-order valence-corrected chi connectivity index (χ0v) is 37.5. The molecule has 0 bridgehead atoms. The lowest BCUT2D eigenvalue weighted by Gasteiger charge is -2.36. The van der Waals surface area contributed by atoms with Crippen LogP contribution in [0.1, 0.15) is 64.9 Å². The Hall–Kier alpha value is -5.49. The maximum Gasteiger partial charge on any atom is 0.222 e. The number of carbonyl (C=O) groups excluding carboxylic acids is 2. The highest BCUT2D eigenvalue weighted by atomic mass is 35.5. The van der Waals surface area contributed by atoms with Crippen molar-refractivity contribution in [1.29, 1.82) is 0 Å². The highest BCUT2D eigenvalue weighted by molar-refractivity contribution is 7.15. The summed E-state index contributed by atoms with van der Waals surface area (Å²) in [4.78, 5) is 48.1. The number of fused-ring (bicyclic) bond motifs is 3. The summed E-state index contributed by atoms with van der Waals surface area (Å²) in [6.45, 7) is 13.4. The standard InChI is InChI=1S/C45H54ClFN12O3S/c1-29-30(2)63-45-42(29)43(32-9-11-33(46)12-10-32)53-37(44-55-54-31(3)59(44)45)25-41(61)49-15-14-48-40(60)13-22-62-23-21-56-17-19-57(20-18-56)39-26-38(50-28-51-39)52-35-7-5-16-58(27-35)36-8-4-6-34(47)24-36/h4,6,8-12,24,26,28,35,37H,5,7,13-23,25,27H2,1-3H3,(H,48,60)(H,49,61)(H,50,51,52)/t35-,37+/m1/s1. The molecule has 332 valence electrons. The molecule has 0 radical (unpaired) electrons. The summed E-state index contributed by atoms with van der Waals surface area (Å²) in [6, 6.07) is 16.0. The number of nitrogens with one attached hydrogen (secondary N) is 3. The summed E-state index contributed by atoms with van der Waals surface area (Å²) in [6.07, 6.45) is 3.95. The van der Waals surface area contributed by atoms with Crippen molar-refractivity contribution in [2.75, 3.05) is 87.2 Å². The second-order valence-corrected chi connectivity index (χ2v) is 17.8. The van der Waals surface area contributed by atoms with Crippen molar-refractivity contribution >= 4 is 57.8 Å². The molecule has 0 saturated carbocycles. The summed E-state index contributed by atoms with van der Waals surface area (Å²) in [5, 5.41) is 19.9. The molecule has 18 heteroatoms. The van der Waals surface area contributed by atoms with Crippen molar-refractivity contribution in [2.45, 2.75) is 58.5 Å². The second-order valence-electron chi connectivity index (χ2n) is 16.2. The molecule has 63 heavy (non-hydrogen) atoms. The van der Waals surface area contributed by atoms with Crippen LogP contribution in [0.2, 0.25) is 5.02 Å². The van der Waals surface area contributed by atoms with Crippen LogP contribution in [-0.2, 0) is 14.3 Å². The van der Waals surface area contributed by atoms with Gasteiger partial charge in [-0.25, -0.2) is 14.4 Å². The van der Waals surface area contributed by atoms with Crippen LogP contribution < -0.4 is 25.8 Å². The average molecular weight is 898 g/mol. The number of aryl methyl sites for hydroxylation is 2. The Morgan fingerprint density at radius 3 is 2.51 bits per heavy atom. The molecule has 5 aromatic rings. The molecule has 3 N–H and O–H groups in total. The molecular weight excluding hydrogens is 843 g/mol. The fourth-order valence-electron chi connectivity index (χ4n) is 8.34. The van der Waals surface area contributed by atoms with Gasteiger partial charge in [0.25, 0.3) is 0 Å². The van der Waals surface area contributed by atoms with Crippen LogP contribution >= 0.6 is 22.9 Å². The smallest absolute Gasteiger partial charge is 0.222 e. The van der Waals surface area contributed by atoms with E-state index >= 15 is 0 Å². The Kier molecular flexibility index (Phi) is 14.3. The maximum absolute atomic E-state index is 13.8. The first-order chi connectivity index (χ1) is 30.6. The van der Waals surface area contributed by atoms with Crippen LogP contribution in [-0.4, -0.2) is 125 Å². The Morgan fingerprint density at radius 2 is 1.71 bits per heavy atom. The molecule has 3 aliphatic rings. The largest absolute Gasteiger partial charge is 0.380 e. The Labute approximate surface area is 376 Å². The molecule has 15 nitrogen and oxygen atoms in total. The third-order valence-electron chi connectivity index (χ3n) is 11.8. The maximum atomic E-state index is 13.8. The first kappa shape index (κ1) is 44.1. The second kappa shape index (κ2) is 20.3. The van der Waals surface area contributed by atoms with Gasteiger partial charge in [-0.05, 0) is 69.5 Å². The highest BCUT2D eigenvalue weighted by Crippen LogP contribution is 2.39. The number of aromatic nitrogens is 5. The Balaban J connectivity index is 0.724. The molecule has 2 aromatic carbocycles. The van der Waals surface area contributed by atoms with Crippen molar-refractivity contribution in [3.63, 3.8) is 0 Å². The molecule has 2 atom stereocenters. The number of nitrogens with zero attached hydrogens (tertiary/aromatic N) is 9. The fourth-order valence-corrected chi connectivity index (χ4v) is 9.68. The summed E-state index contributed by atoms with van der Waals surface area (Å²) < 4.78 is 21.7. The first-order valence-corrected chi connectivity index (χ1v) is 22.8. The van der Waals surface area contributed by atoms with Crippen LogP contribution in [0.25, 0.3) is 5.00 Å². The SMILES string of the molecule is Cc1sc2c(c1C)C(c1ccc(Cl)cc1)=N[C@@H](CC(=O)NCCNC(=O)CCOCCN1CCN(c3cc(N[C@@H]4CCCN(c5cccc(F)c5)C4)ncn3)CC1)c1nnc(C)n1-2. The average Bonchev–Trinajstić information content (AvgIpc) is 3.77. The third-order valence-corrected chi connectivity index (χ3v) is 13.3. The van der Waals surface area contributed by atoms with E-state index in [0.717, 1.165) is 109 Å². The van der Waals surface area contributed by atoms with E-state index in [2.05, 4.69) is 64.7 Å². The van der Waals surface area contributed by atoms with Gasteiger partial charge in [-0.1, -0.05) is 29.8 Å². The van der Waals surface area contributed by atoms with E-state index in [9.17, 15) is 14.0 Å². The van der Waals surface area contributed by atoms with Crippen LogP contribution in [0.15, 0.2) is 65.9 Å². The van der Waals surface area contributed by atoms with E-state index in [0.29, 0.717) is 30.6 Å². The summed E-state index contributed by atoms with van der Waals surface area (Å²) >= 11 is 7.89. The predicted octanol–water partition coefficient (Wildman–Crippen LogP) is 5.66. The summed E-state index contributed by atoms with van der Waals surface area (Å²) in [7, 11) is 0. The number of amides is 2. The molecule has 3 aliphatic heterocycles. The zero-order valence-electron chi connectivity index (χ0n) is 35.9. The number of hydrogen-bond acceptors (Lipinski definition) is 13. The lowest BCUT2D eigenvalue weighted by molar-refractivity contribution is -0.123. The van der Waals surface area contributed by atoms with Gasteiger partial charge in [0.15, 0.2) is 5.82 Å². The van der Waals surface area contributed by atoms with Gasteiger partial charge in [0.1, 0.15) is 40.6 Å². The molecule has 8 rings (SSSR count). The van der Waals surface area contributed by atoms with E-state index in [4.69, 9.17) is 21.3 Å². The molecule has 2 amide bonds. The van der Waals surface area contributed by atoms with E-state index in [1.165, 1.54) is 10.9 Å². The Morgan fingerprint density at radius 1 is 0.921 bits per heavy atom. The van der Waals surface area contributed by atoms with E-state index in [-0.39, 0.29) is 43.1 Å². The van der Waals surface area contributed by atoms with Crippen LogP contribution in [0, 0.1) is 26.6 Å². The van der Waals surface area contributed by atoms with Gasteiger partial charge in [0, 0.05) is 104 Å². The molecule has 2 fully saturated rings. The van der Waals surface area contributed by atoms with Crippen LogP contribution in [0.5, 0.6) is 0 Å². The quantitative estimate of drug-likeness (QED) is 0.105. The topological polar surface area (TPSA) is 158 Å². The number of anilines is 3. The Bertz CT molecular complexity index is 2420. The predicted molar refractivity (Wildman–Crippen MR) is 245 cm³/mol. The number of rotatable bonds is 16. The first-order valence-electron chi connectivity index (χ1n) is 21.6. The lowest BCUT2D eigenvalue weighted by Crippen LogP contribution is -2.47. The number of piperazine rings is 1. The molecule has 0 unspecified atom stereocenters. The van der Waals surface area contributed by atoms with E-state index < -0.39 is 6.04 Å². The lowest BCUT2D eigenvalue weighted by atomic mass is 9.99. The number of halogens is 2. The zero-order chi connectivity index (χ0) is 43.9. The summed E-state index contributed by atoms with van der Waals surface area (Å²) in [5.74, 6) is 2.48. The fraction of sp³-hybridized carbons (Fsp3) is 0.444. The van der Waals surface area contributed by atoms with E-state index in [1.54, 1.807) is 29.8 Å². The van der Waals surface area contributed by atoms with Crippen molar-refractivity contribution in [3.8, 4) is 5.00 Å². The number of ether oxygens (including phenoxy) is 1. The van der Waals surface area contributed by atoms with Gasteiger partial charge in [-0.2, -0.15) is 0 Å². The highest BCUT2D eigenvalue weighted by Gasteiger charge is 2.32. The number of benzene rings is 2. The van der Waals surface area contributed by atoms with Gasteiger partial charge in [-0.15, -0.1) is 21.5 Å². The number of aliphatic imine (C=N–C) groups is 1. The van der Waals surface area contributed by atoms with Crippen LogP contribution in [0.4, 0.5) is 21.7 Å². The van der Waals surface area contributed by atoms with Gasteiger partial charge in [0.2, 0.25) is 11.8 Å². The molecule has 2 saturated heterocycles. The molecule has 6 heterocycles. The minimum absolute atomic E-state index is 0.0684. The van der Waals surface area contributed by atoms with Crippen molar-refractivity contribution < 1.29 is 18.7 Å². The number of thiophene rings is 1. The van der Waals surface area contributed by atoms with Gasteiger partial charge < -0.3 is 30.5 Å². The summed E-state index contributed by atoms with van der Waals surface area (Å²) in [5.41, 5.74) is 4.73. The minimum atomic E-state index is -0.573. The molecule has 3 aromatic heterocycles. The van der Waals surface area contributed by atoms with Gasteiger partial charge in [-0.3, -0.25) is 24.0 Å². The number of piperidine rings is 1. The minimum Gasteiger partial charge on any atom is -0.380 e. The normalized spacial score (nSPS) is 17.7. The molecule has 0 spiro atoms. The number of carbonyl (C=O) groups is 2. The van der Waals surface area contributed by atoms with Crippen molar-refractivity contribution in [2.24, 2.45) is 4.99 Å². The van der Waals surface area contributed by atoms with Gasteiger partial charge >= 0.3 is 0 Å². The van der Waals surface area contributed by atoms with Crippen LogP contribution in [0.3, 0.4) is 0 Å². The molecular formula is C45H54ClFN12O3S. The third kappa shape index (κ3) is 10.8. The van der Waals surface area contributed by atoms with Gasteiger partial charge in [0.05, 0.1) is 25.3 Å². The van der Waals surface area contributed by atoms with E-state index in [1.807, 2.05) is 47.9 Å². The monoisotopic (exact) mass is 896 g/mol. The number of hydrogen-bond donors (Lipinski definition) is 3. The van der Waals surface area contributed by atoms with Crippen molar-refractivity contribution in [3.05, 3.63) is 105 Å². The van der Waals surface area contributed by atoms with Crippen molar-refractivity contribution in [1.82, 2.24) is 40.3 Å². The molecule has 0 aliphatic carbocycles.